The van der Waals surface area contributed by atoms with E-state index in [1.807, 2.05) is 50.2 Å². The van der Waals surface area contributed by atoms with Crippen molar-refractivity contribution < 1.29 is 14.3 Å². The van der Waals surface area contributed by atoms with E-state index in [-0.39, 0.29) is 0 Å². The van der Waals surface area contributed by atoms with Gasteiger partial charge in [0.1, 0.15) is 5.75 Å². The van der Waals surface area contributed by atoms with Gasteiger partial charge in [0.2, 0.25) is 0 Å². The third-order valence-corrected chi connectivity index (χ3v) is 2.96. The highest BCUT2D eigenvalue weighted by molar-refractivity contribution is 6.35. The van der Waals surface area contributed by atoms with E-state index in [0.717, 1.165) is 24.3 Å². The molecule has 0 aromatic heterocycles. The lowest BCUT2D eigenvalue weighted by molar-refractivity contribution is -0.139. The van der Waals surface area contributed by atoms with Gasteiger partial charge in [0.05, 0.1) is 6.61 Å². The van der Waals surface area contributed by atoms with Gasteiger partial charge in [-0.1, -0.05) is 12.1 Å². The smallest absolute Gasteiger partial charge is 0.309 e. The number of carbonyl (C=O) groups excluding carboxylic acids is 2. The average Bonchev–Trinajstić information content (AvgIpc) is 2.50. The van der Waals surface area contributed by atoms with Crippen LogP contribution >= 0.6 is 0 Å². The second-order valence-corrected chi connectivity index (χ2v) is 5.17. The van der Waals surface area contributed by atoms with Crippen molar-refractivity contribution in [3.05, 3.63) is 29.8 Å². The Labute approximate surface area is 131 Å². The van der Waals surface area contributed by atoms with Crippen LogP contribution in [0.3, 0.4) is 0 Å². The summed E-state index contributed by atoms with van der Waals surface area (Å²) < 4.78 is 5.34. The first kappa shape index (κ1) is 18.0. The quantitative estimate of drug-likeness (QED) is 0.550. The number of benzene rings is 1. The summed E-state index contributed by atoms with van der Waals surface area (Å²) in [4.78, 5) is 25.3. The molecule has 0 fully saturated rings. The molecule has 0 bridgehead atoms. The maximum Gasteiger partial charge on any atom is 0.309 e. The highest BCUT2D eigenvalue weighted by atomic mass is 16.5. The van der Waals surface area contributed by atoms with Crippen molar-refractivity contribution in [2.75, 3.05) is 33.8 Å². The maximum absolute atomic E-state index is 11.7. The van der Waals surface area contributed by atoms with Gasteiger partial charge in [-0.2, -0.15) is 0 Å². The largest absolute Gasteiger partial charge is 0.494 e. The number of carbonyl (C=O) groups is 2. The van der Waals surface area contributed by atoms with Gasteiger partial charge < -0.3 is 20.3 Å². The fourth-order valence-electron chi connectivity index (χ4n) is 1.81. The summed E-state index contributed by atoms with van der Waals surface area (Å²) in [6, 6.07) is 7.40. The Morgan fingerprint density at radius 1 is 1.09 bits per heavy atom. The van der Waals surface area contributed by atoms with E-state index in [1.54, 1.807) is 0 Å². The van der Waals surface area contributed by atoms with Crippen molar-refractivity contribution in [1.82, 2.24) is 15.5 Å². The molecule has 1 rings (SSSR count). The minimum Gasteiger partial charge on any atom is -0.494 e. The van der Waals surface area contributed by atoms with Gasteiger partial charge in [-0.15, -0.1) is 0 Å². The number of amides is 2. The lowest BCUT2D eigenvalue weighted by atomic mass is 10.2. The Balaban J connectivity index is 2.28. The first-order valence-corrected chi connectivity index (χ1v) is 7.45. The van der Waals surface area contributed by atoms with Crippen LogP contribution < -0.4 is 15.4 Å². The lowest BCUT2D eigenvalue weighted by Gasteiger charge is -2.10. The molecule has 1 aromatic carbocycles. The second kappa shape index (κ2) is 9.78. The van der Waals surface area contributed by atoms with E-state index in [1.165, 1.54) is 0 Å². The summed E-state index contributed by atoms with van der Waals surface area (Å²) in [5.41, 5.74) is 0.914. The molecule has 0 atom stereocenters. The van der Waals surface area contributed by atoms with Crippen molar-refractivity contribution >= 4 is 11.8 Å². The van der Waals surface area contributed by atoms with Gasteiger partial charge in [0.15, 0.2) is 0 Å². The molecule has 0 saturated heterocycles. The number of ether oxygens (including phenoxy) is 1. The van der Waals surface area contributed by atoms with E-state index in [9.17, 15) is 9.59 Å². The van der Waals surface area contributed by atoms with Gasteiger partial charge in [0, 0.05) is 13.1 Å². The van der Waals surface area contributed by atoms with E-state index in [4.69, 9.17) is 4.74 Å². The molecule has 0 spiro atoms. The Morgan fingerprint density at radius 3 is 2.32 bits per heavy atom. The van der Waals surface area contributed by atoms with Gasteiger partial charge in [-0.3, -0.25) is 9.59 Å². The monoisotopic (exact) mass is 307 g/mol. The zero-order chi connectivity index (χ0) is 16.4. The van der Waals surface area contributed by atoms with Crippen molar-refractivity contribution in [2.45, 2.75) is 19.9 Å². The summed E-state index contributed by atoms with van der Waals surface area (Å²) in [5.74, 6) is -0.417. The minimum absolute atomic E-state index is 0.316. The van der Waals surface area contributed by atoms with Crippen molar-refractivity contribution in [3.63, 3.8) is 0 Å². The standard InChI is InChI=1S/C16H25N3O3/c1-4-22-14-8-6-13(7-9-14)12-18-16(21)15(20)17-10-5-11-19(2)3/h6-9H,4-5,10-12H2,1-3H3,(H,17,20)(H,18,21). The molecule has 0 radical (unpaired) electrons. The number of nitrogens with one attached hydrogen (secondary N) is 2. The van der Waals surface area contributed by atoms with Crippen LogP contribution in [0.15, 0.2) is 24.3 Å². The molecule has 22 heavy (non-hydrogen) atoms. The molecule has 0 saturated carbocycles. The van der Waals surface area contributed by atoms with E-state index >= 15 is 0 Å². The third-order valence-electron chi connectivity index (χ3n) is 2.96. The summed E-state index contributed by atoms with van der Waals surface area (Å²) in [6.45, 7) is 4.22. The lowest BCUT2D eigenvalue weighted by Crippen LogP contribution is -2.40. The molecule has 6 heteroatoms. The average molecular weight is 307 g/mol. The molecule has 1 aromatic rings. The zero-order valence-corrected chi connectivity index (χ0v) is 13.5. The Bertz CT molecular complexity index is 472. The number of nitrogens with zero attached hydrogens (tertiary/aromatic N) is 1. The van der Waals surface area contributed by atoms with Gasteiger partial charge >= 0.3 is 11.8 Å². The molecular formula is C16H25N3O3. The summed E-state index contributed by atoms with van der Waals surface area (Å²) in [5, 5.41) is 5.20. The Hall–Kier alpha value is -2.08. The summed E-state index contributed by atoms with van der Waals surface area (Å²) in [6.07, 6.45) is 0.810. The topological polar surface area (TPSA) is 70.7 Å². The molecular weight excluding hydrogens is 282 g/mol. The summed E-state index contributed by atoms with van der Waals surface area (Å²) in [7, 11) is 3.93. The maximum atomic E-state index is 11.7. The van der Waals surface area contributed by atoms with Gasteiger partial charge in [-0.05, 0) is 51.7 Å². The van der Waals surface area contributed by atoms with E-state index in [2.05, 4.69) is 10.6 Å². The highest BCUT2D eigenvalue weighted by Crippen LogP contribution is 2.11. The molecule has 0 heterocycles. The number of hydrogen-bond donors (Lipinski definition) is 2. The van der Waals surface area contributed by atoms with Crippen molar-refractivity contribution in [3.8, 4) is 5.75 Å². The predicted molar refractivity (Wildman–Crippen MR) is 85.6 cm³/mol. The SMILES string of the molecule is CCOc1ccc(CNC(=O)C(=O)NCCCN(C)C)cc1. The van der Waals surface area contributed by atoms with Crippen LogP contribution in [0.4, 0.5) is 0 Å². The number of rotatable bonds is 8. The van der Waals surface area contributed by atoms with Crippen LogP contribution in [0, 0.1) is 0 Å². The Morgan fingerprint density at radius 2 is 1.73 bits per heavy atom. The fraction of sp³-hybridized carbons (Fsp3) is 0.500. The molecule has 0 unspecified atom stereocenters. The first-order valence-electron chi connectivity index (χ1n) is 7.45. The molecule has 2 N–H and O–H groups in total. The van der Waals surface area contributed by atoms with Gasteiger partial charge in [-0.25, -0.2) is 0 Å². The third kappa shape index (κ3) is 7.08. The normalized spacial score (nSPS) is 10.4. The van der Waals surface area contributed by atoms with Crippen LogP contribution in [-0.2, 0) is 16.1 Å². The van der Waals surface area contributed by atoms with Gasteiger partial charge in [0.25, 0.3) is 0 Å². The van der Waals surface area contributed by atoms with Crippen molar-refractivity contribution in [2.24, 2.45) is 0 Å². The first-order chi connectivity index (χ1) is 10.5. The Kier molecular flexibility index (Phi) is 7.99. The molecule has 2 amide bonds. The van der Waals surface area contributed by atoms with E-state index < -0.39 is 11.8 Å². The van der Waals surface area contributed by atoms with Crippen LogP contribution in [0.1, 0.15) is 18.9 Å². The number of hydrogen-bond acceptors (Lipinski definition) is 4. The van der Waals surface area contributed by atoms with Crippen molar-refractivity contribution in [1.29, 1.82) is 0 Å². The van der Waals surface area contributed by atoms with Crippen LogP contribution in [0.2, 0.25) is 0 Å². The van der Waals surface area contributed by atoms with Crippen LogP contribution in [0.5, 0.6) is 5.75 Å². The molecule has 0 aliphatic rings. The highest BCUT2D eigenvalue weighted by Gasteiger charge is 2.12. The predicted octanol–water partition coefficient (Wildman–Crippen LogP) is 0.769. The fourth-order valence-corrected chi connectivity index (χ4v) is 1.81. The molecule has 122 valence electrons. The summed E-state index contributed by atoms with van der Waals surface area (Å²) >= 11 is 0. The van der Waals surface area contributed by atoms with E-state index in [0.29, 0.717) is 19.7 Å². The molecule has 0 aliphatic carbocycles. The zero-order valence-electron chi connectivity index (χ0n) is 13.5. The minimum atomic E-state index is -0.612. The van der Waals surface area contributed by atoms with Crippen LogP contribution in [-0.4, -0.2) is 50.5 Å². The molecule has 0 aliphatic heterocycles. The van der Waals surface area contributed by atoms with Crippen LogP contribution in [0.25, 0.3) is 0 Å². The molecule has 6 nitrogen and oxygen atoms in total. The second-order valence-electron chi connectivity index (χ2n) is 5.17.